The Kier molecular flexibility index (Phi) is 5.54. The molecule has 0 radical (unpaired) electrons. The Morgan fingerprint density at radius 2 is 1.61 bits per heavy atom. The Morgan fingerprint density at radius 1 is 0.964 bits per heavy atom. The molecule has 2 aromatic rings. The third-order valence-corrected chi connectivity index (χ3v) is 4.53. The van der Waals surface area contributed by atoms with E-state index >= 15 is 0 Å². The fraction of sp³-hybridized carbons (Fsp3) is 0.238. The summed E-state index contributed by atoms with van der Waals surface area (Å²) < 4.78 is 0. The molecule has 0 bridgehead atoms. The van der Waals surface area contributed by atoms with Gasteiger partial charge in [-0.15, -0.1) is 0 Å². The first-order chi connectivity index (χ1) is 13.3. The molecule has 7 heteroatoms. The third kappa shape index (κ3) is 4.43. The molecule has 1 unspecified atom stereocenters. The first-order valence-electron chi connectivity index (χ1n) is 8.93. The van der Waals surface area contributed by atoms with Crippen LogP contribution in [0.5, 0.6) is 0 Å². The van der Waals surface area contributed by atoms with Crippen molar-refractivity contribution in [3.63, 3.8) is 0 Å². The second-order valence-corrected chi connectivity index (χ2v) is 6.76. The highest BCUT2D eigenvalue weighted by Crippen LogP contribution is 2.27. The van der Waals surface area contributed by atoms with Crippen molar-refractivity contribution >= 4 is 40.6 Å². The van der Waals surface area contributed by atoms with E-state index in [1.165, 1.54) is 18.7 Å². The van der Waals surface area contributed by atoms with Gasteiger partial charge in [-0.05, 0) is 43.3 Å². The molecule has 1 atom stereocenters. The van der Waals surface area contributed by atoms with Gasteiger partial charge in [-0.1, -0.05) is 12.1 Å². The van der Waals surface area contributed by atoms with Crippen LogP contribution in [0.25, 0.3) is 0 Å². The van der Waals surface area contributed by atoms with Crippen LogP contribution in [-0.4, -0.2) is 30.0 Å². The van der Waals surface area contributed by atoms with Crippen LogP contribution >= 0.6 is 0 Å². The van der Waals surface area contributed by atoms with Crippen molar-refractivity contribution in [2.45, 2.75) is 20.3 Å². The average molecular weight is 379 g/mol. The van der Waals surface area contributed by atoms with E-state index in [0.717, 1.165) is 0 Å². The maximum Gasteiger partial charge on any atom is 0.229 e. The number of hydrogen-bond donors (Lipinski definition) is 2. The highest BCUT2D eigenvalue weighted by atomic mass is 16.2. The predicted octanol–water partition coefficient (Wildman–Crippen LogP) is 2.84. The molecular formula is C21H21N3O4. The van der Waals surface area contributed by atoms with Gasteiger partial charge in [-0.25, -0.2) is 0 Å². The molecule has 2 N–H and O–H groups in total. The lowest BCUT2D eigenvalue weighted by molar-refractivity contribution is -0.122. The molecule has 28 heavy (non-hydrogen) atoms. The van der Waals surface area contributed by atoms with Gasteiger partial charge in [0.2, 0.25) is 17.7 Å². The summed E-state index contributed by atoms with van der Waals surface area (Å²) in [4.78, 5) is 49.1. The Bertz CT molecular complexity index is 937. The van der Waals surface area contributed by atoms with E-state index in [1.54, 1.807) is 48.5 Å². The molecule has 0 aromatic heterocycles. The van der Waals surface area contributed by atoms with Crippen LogP contribution in [0.3, 0.4) is 0 Å². The number of benzene rings is 2. The lowest BCUT2D eigenvalue weighted by atomic mass is 10.1. The average Bonchev–Trinajstić information content (AvgIpc) is 3.05. The highest BCUT2D eigenvalue weighted by Gasteiger charge is 2.35. The number of rotatable bonds is 5. The third-order valence-electron chi connectivity index (χ3n) is 4.53. The van der Waals surface area contributed by atoms with Gasteiger partial charge >= 0.3 is 0 Å². The second-order valence-electron chi connectivity index (χ2n) is 6.76. The van der Waals surface area contributed by atoms with Gasteiger partial charge < -0.3 is 15.5 Å². The van der Waals surface area contributed by atoms with Crippen LogP contribution in [-0.2, 0) is 14.4 Å². The molecule has 1 heterocycles. The number of carbonyl (C=O) groups is 4. The van der Waals surface area contributed by atoms with Crippen molar-refractivity contribution in [2.24, 2.45) is 5.92 Å². The lowest BCUT2D eigenvalue weighted by Gasteiger charge is -2.17. The van der Waals surface area contributed by atoms with Crippen molar-refractivity contribution in [2.75, 3.05) is 22.1 Å². The predicted molar refractivity (Wildman–Crippen MR) is 106 cm³/mol. The van der Waals surface area contributed by atoms with E-state index < -0.39 is 5.92 Å². The van der Waals surface area contributed by atoms with Crippen molar-refractivity contribution in [3.05, 3.63) is 54.1 Å². The molecule has 3 rings (SSSR count). The van der Waals surface area contributed by atoms with E-state index in [-0.39, 0.29) is 36.5 Å². The standard InChI is InChI=1S/C21H21N3O4/c1-13(25)15-4-3-5-19(10-15)24-12-16(11-20(24)27)21(28)23-18-8-6-17(7-9-18)22-14(2)26/h3-10,16H,11-12H2,1-2H3,(H,22,26)(H,23,28). The smallest absolute Gasteiger partial charge is 0.229 e. The monoisotopic (exact) mass is 379 g/mol. The number of amides is 3. The van der Waals surface area contributed by atoms with Crippen molar-refractivity contribution in [1.29, 1.82) is 0 Å². The van der Waals surface area contributed by atoms with E-state index in [1.807, 2.05) is 0 Å². The van der Waals surface area contributed by atoms with Crippen LogP contribution < -0.4 is 15.5 Å². The summed E-state index contributed by atoms with van der Waals surface area (Å²) in [6.07, 6.45) is 0.111. The van der Waals surface area contributed by atoms with Crippen molar-refractivity contribution in [3.8, 4) is 0 Å². The zero-order chi connectivity index (χ0) is 20.3. The first-order valence-corrected chi connectivity index (χ1v) is 8.93. The Labute approximate surface area is 162 Å². The summed E-state index contributed by atoms with van der Waals surface area (Å²) in [5.74, 6) is -1.13. The van der Waals surface area contributed by atoms with Gasteiger partial charge in [0.15, 0.2) is 5.78 Å². The summed E-state index contributed by atoms with van der Waals surface area (Å²) >= 11 is 0. The Balaban J connectivity index is 1.66. The Morgan fingerprint density at radius 3 is 2.21 bits per heavy atom. The number of nitrogens with zero attached hydrogens (tertiary/aromatic N) is 1. The minimum absolute atomic E-state index is 0.0782. The van der Waals surface area contributed by atoms with Gasteiger partial charge in [-0.2, -0.15) is 0 Å². The SMILES string of the molecule is CC(=O)Nc1ccc(NC(=O)C2CC(=O)N(c3cccc(C(C)=O)c3)C2)cc1. The normalized spacial score (nSPS) is 16.0. The van der Waals surface area contributed by atoms with Gasteiger partial charge in [-0.3, -0.25) is 19.2 Å². The molecule has 7 nitrogen and oxygen atoms in total. The second kappa shape index (κ2) is 8.04. The molecule has 1 aliphatic heterocycles. The number of Topliss-reactive ketones (excluding diaryl/α,β-unsaturated/α-hetero) is 1. The van der Waals surface area contributed by atoms with E-state index in [4.69, 9.17) is 0 Å². The molecule has 0 spiro atoms. The number of carbonyl (C=O) groups excluding carboxylic acids is 4. The van der Waals surface area contributed by atoms with E-state index in [9.17, 15) is 19.2 Å². The van der Waals surface area contributed by atoms with Crippen molar-refractivity contribution < 1.29 is 19.2 Å². The summed E-state index contributed by atoms with van der Waals surface area (Å²) in [6, 6.07) is 13.6. The molecule has 0 aliphatic carbocycles. The summed E-state index contributed by atoms with van der Waals surface area (Å²) in [6.45, 7) is 3.15. The van der Waals surface area contributed by atoms with Crippen LogP contribution in [0.4, 0.5) is 17.1 Å². The molecule has 1 saturated heterocycles. The molecular weight excluding hydrogens is 358 g/mol. The summed E-state index contributed by atoms with van der Waals surface area (Å²) in [5.41, 5.74) is 2.37. The van der Waals surface area contributed by atoms with Gasteiger partial charge in [0.25, 0.3) is 0 Å². The molecule has 3 amide bonds. The summed E-state index contributed by atoms with van der Waals surface area (Å²) in [7, 11) is 0. The largest absolute Gasteiger partial charge is 0.326 e. The molecule has 0 saturated carbocycles. The maximum atomic E-state index is 12.6. The van der Waals surface area contributed by atoms with Crippen LogP contribution in [0, 0.1) is 5.92 Å². The fourth-order valence-electron chi connectivity index (χ4n) is 3.11. The molecule has 1 aliphatic rings. The number of hydrogen-bond acceptors (Lipinski definition) is 4. The van der Waals surface area contributed by atoms with Crippen LogP contribution in [0.15, 0.2) is 48.5 Å². The van der Waals surface area contributed by atoms with Gasteiger partial charge in [0, 0.05) is 42.5 Å². The lowest BCUT2D eigenvalue weighted by Crippen LogP contribution is -2.28. The van der Waals surface area contributed by atoms with Gasteiger partial charge in [0.1, 0.15) is 0 Å². The minimum Gasteiger partial charge on any atom is -0.326 e. The number of anilines is 3. The quantitative estimate of drug-likeness (QED) is 0.781. The zero-order valence-electron chi connectivity index (χ0n) is 15.7. The maximum absolute atomic E-state index is 12.6. The van der Waals surface area contributed by atoms with E-state index in [0.29, 0.717) is 22.6 Å². The molecule has 144 valence electrons. The van der Waals surface area contributed by atoms with Gasteiger partial charge in [0.05, 0.1) is 5.92 Å². The molecule has 1 fully saturated rings. The highest BCUT2D eigenvalue weighted by molar-refractivity contribution is 6.04. The summed E-state index contributed by atoms with van der Waals surface area (Å²) in [5, 5.41) is 5.46. The molecule has 2 aromatic carbocycles. The first kappa shape index (κ1) is 19.3. The van der Waals surface area contributed by atoms with Crippen molar-refractivity contribution in [1.82, 2.24) is 0 Å². The minimum atomic E-state index is -0.483. The van der Waals surface area contributed by atoms with Crippen LogP contribution in [0.1, 0.15) is 30.6 Å². The van der Waals surface area contributed by atoms with E-state index in [2.05, 4.69) is 10.6 Å². The Hall–Kier alpha value is -3.48. The topological polar surface area (TPSA) is 95.6 Å². The number of ketones is 1. The zero-order valence-corrected chi connectivity index (χ0v) is 15.7. The van der Waals surface area contributed by atoms with Crippen LogP contribution in [0.2, 0.25) is 0 Å². The number of nitrogens with one attached hydrogen (secondary N) is 2. The fourth-order valence-corrected chi connectivity index (χ4v) is 3.11.